The van der Waals surface area contributed by atoms with E-state index in [-0.39, 0.29) is 5.91 Å². The summed E-state index contributed by atoms with van der Waals surface area (Å²) < 4.78 is 0. The molecule has 1 aromatic heterocycles. The van der Waals surface area contributed by atoms with Gasteiger partial charge >= 0.3 is 0 Å². The van der Waals surface area contributed by atoms with Gasteiger partial charge < -0.3 is 10.2 Å². The fourth-order valence-electron chi connectivity index (χ4n) is 3.24. The number of amides is 1. The number of pyridine rings is 1. The first kappa shape index (κ1) is 20.2. The molecule has 30 heavy (non-hydrogen) atoms. The van der Waals surface area contributed by atoms with Crippen LogP contribution in [0.4, 0.5) is 11.4 Å². The lowest BCUT2D eigenvalue weighted by Crippen LogP contribution is -2.13. The SMILES string of the molecule is CN(C)c1ccc(NC(=O)c2cc(-c3ccc(Cl)cc3Cl)nc3ccccc23)cc1. The van der Waals surface area contributed by atoms with Crippen molar-refractivity contribution in [1.29, 1.82) is 0 Å². The monoisotopic (exact) mass is 435 g/mol. The van der Waals surface area contributed by atoms with Gasteiger partial charge in [0.25, 0.3) is 5.91 Å². The van der Waals surface area contributed by atoms with Gasteiger partial charge in [0, 0.05) is 41.4 Å². The number of para-hydroxylation sites is 1. The van der Waals surface area contributed by atoms with E-state index in [2.05, 4.69) is 5.32 Å². The Labute approximate surface area is 185 Å². The molecule has 1 amide bonds. The van der Waals surface area contributed by atoms with Crippen LogP contribution in [0, 0.1) is 0 Å². The number of nitrogens with zero attached hydrogens (tertiary/aromatic N) is 2. The van der Waals surface area contributed by atoms with Crippen LogP contribution in [0.5, 0.6) is 0 Å². The van der Waals surface area contributed by atoms with Crippen LogP contribution < -0.4 is 10.2 Å². The number of hydrogen-bond acceptors (Lipinski definition) is 3. The van der Waals surface area contributed by atoms with Gasteiger partial charge in [0.05, 0.1) is 21.8 Å². The zero-order valence-electron chi connectivity index (χ0n) is 16.5. The lowest BCUT2D eigenvalue weighted by Gasteiger charge is -2.14. The molecule has 0 aliphatic rings. The van der Waals surface area contributed by atoms with Gasteiger partial charge in [-0.1, -0.05) is 41.4 Å². The summed E-state index contributed by atoms with van der Waals surface area (Å²) in [6.07, 6.45) is 0. The maximum atomic E-state index is 13.2. The Kier molecular flexibility index (Phi) is 5.62. The topological polar surface area (TPSA) is 45.2 Å². The van der Waals surface area contributed by atoms with E-state index in [0.29, 0.717) is 26.8 Å². The smallest absolute Gasteiger partial charge is 0.256 e. The van der Waals surface area contributed by atoms with Crippen LogP contribution in [0.2, 0.25) is 10.0 Å². The molecule has 4 nitrogen and oxygen atoms in total. The molecule has 0 fully saturated rings. The third kappa shape index (κ3) is 4.11. The van der Waals surface area contributed by atoms with E-state index < -0.39 is 0 Å². The van der Waals surface area contributed by atoms with E-state index >= 15 is 0 Å². The summed E-state index contributed by atoms with van der Waals surface area (Å²) in [6, 6.07) is 22.2. The molecule has 4 rings (SSSR count). The second kappa shape index (κ2) is 8.34. The molecule has 0 spiro atoms. The maximum Gasteiger partial charge on any atom is 0.256 e. The second-order valence-electron chi connectivity index (χ2n) is 7.09. The van der Waals surface area contributed by atoms with E-state index in [1.54, 1.807) is 18.2 Å². The molecule has 0 unspecified atom stereocenters. The van der Waals surface area contributed by atoms with E-state index in [9.17, 15) is 4.79 Å². The van der Waals surface area contributed by atoms with Crippen molar-refractivity contribution >= 4 is 51.4 Å². The molecule has 0 aliphatic carbocycles. The second-order valence-corrected chi connectivity index (χ2v) is 7.94. The summed E-state index contributed by atoms with van der Waals surface area (Å²) in [5.41, 5.74) is 4.35. The predicted octanol–water partition coefficient (Wildman–Crippen LogP) is 6.53. The highest BCUT2D eigenvalue weighted by Crippen LogP contribution is 2.32. The van der Waals surface area contributed by atoms with Crippen molar-refractivity contribution in [3.8, 4) is 11.3 Å². The molecule has 150 valence electrons. The first-order valence-electron chi connectivity index (χ1n) is 9.36. The number of halogens is 2. The third-order valence-electron chi connectivity index (χ3n) is 4.81. The summed E-state index contributed by atoms with van der Waals surface area (Å²) in [6.45, 7) is 0. The summed E-state index contributed by atoms with van der Waals surface area (Å²) in [4.78, 5) is 19.9. The molecule has 6 heteroatoms. The average Bonchev–Trinajstić information content (AvgIpc) is 2.73. The first-order chi connectivity index (χ1) is 14.4. The Morgan fingerprint density at radius 3 is 2.37 bits per heavy atom. The standard InChI is InChI=1S/C24H19Cl2N3O/c1-29(2)17-10-8-16(9-11-17)27-24(30)20-14-23(19-12-7-15(25)13-21(19)26)28-22-6-4-3-5-18(20)22/h3-14H,1-2H3,(H,27,30). The molecule has 0 atom stereocenters. The van der Waals surface area contributed by atoms with E-state index in [1.165, 1.54) is 0 Å². The Morgan fingerprint density at radius 1 is 0.933 bits per heavy atom. The van der Waals surface area contributed by atoms with E-state index in [0.717, 1.165) is 22.3 Å². The van der Waals surface area contributed by atoms with Crippen LogP contribution in [0.3, 0.4) is 0 Å². The van der Waals surface area contributed by atoms with Crippen molar-refractivity contribution in [1.82, 2.24) is 4.98 Å². The van der Waals surface area contributed by atoms with Crippen molar-refractivity contribution in [2.24, 2.45) is 0 Å². The molecule has 0 saturated carbocycles. The van der Waals surface area contributed by atoms with Crippen molar-refractivity contribution < 1.29 is 4.79 Å². The summed E-state index contributed by atoms with van der Waals surface area (Å²) in [5.74, 6) is -0.211. The lowest BCUT2D eigenvalue weighted by atomic mass is 10.0. The number of nitrogens with one attached hydrogen (secondary N) is 1. The van der Waals surface area contributed by atoms with Crippen LogP contribution in [0.15, 0.2) is 72.8 Å². The minimum Gasteiger partial charge on any atom is -0.378 e. The molecule has 4 aromatic rings. The fourth-order valence-corrected chi connectivity index (χ4v) is 3.75. The van der Waals surface area contributed by atoms with Crippen molar-refractivity contribution in [3.05, 3.63) is 88.4 Å². The molecular formula is C24H19Cl2N3O. The van der Waals surface area contributed by atoms with Gasteiger partial charge in [-0.3, -0.25) is 4.79 Å². The first-order valence-corrected chi connectivity index (χ1v) is 10.1. The highest BCUT2D eigenvalue weighted by molar-refractivity contribution is 6.36. The van der Waals surface area contributed by atoms with Gasteiger partial charge in [0.15, 0.2) is 0 Å². The van der Waals surface area contributed by atoms with Gasteiger partial charge in [-0.2, -0.15) is 0 Å². The quantitative estimate of drug-likeness (QED) is 0.396. The Morgan fingerprint density at radius 2 is 1.67 bits per heavy atom. The van der Waals surface area contributed by atoms with Crippen molar-refractivity contribution in [3.63, 3.8) is 0 Å². The van der Waals surface area contributed by atoms with Crippen molar-refractivity contribution in [2.75, 3.05) is 24.3 Å². The number of carbonyl (C=O) groups is 1. The molecule has 3 aromatic carbocycles. The molecule has 0 aliphatic heterocycles. The number of aromatic nitrogens is 1. The Balaban J connectivity index is 1.76. The number of hydrogen-bond donors (Lipinski definition) is 1. The Hall–Kier alpha value is -3.08. The van der Waals surface area contributed by atoms with E-state index in [4.69, 9.17) is 28.2 Å². The van der Waals surface area contributed by atoms with Crippen LogP contribution in [-0.2, 0) is 0 Å². The highest BCUT2D eigenvalue weighted by Gasteiger charge is 2.16. The molecule has 0 saturated heterocycles. The van der Waals surface area contributed by atoms with Crippen LogP contribution in [0.25, 0.3) is 22.2 Å². The summed E-state index contributed by atoms with van der Waals surface area (Å²) >= 11 is 12.4. The van der Waals surface area contributed by atoms with Crippen LogP contribution >= 0.6 is 23.2 Å². The molecule has 1 heterocycles. The zero-order valence-corrected chi connectivity index (χ0v) is 18.0. The number of anilines is 2. The normalized spacial score (nSPS) is 10.8. The third-order valence-corrected chi connectivity index (χ3v) is 5.36. The number of rotatable bonds is 4. The molecular weight excluding hydrogens is 417 g/mol. The maximum absolute atomic E-state index is 13.2. The average molecular weight is 436 g/mol. The fraction of sp³-hybridized carbons (Fsp3) is 0.0833. The highest BCUT2D eigenvalue weighted by atomic mass is 35.5. The number of carbonyl (C=O) groups excluding carboxylic acids is 1. The number of fused-ring (bicyclic) bond motifs is 1. The van der Waals surface area contributed by atoms with Gasteiger partial charge in [-0.15, -0.1) is 0 Å². The zero-order chi connectivity index (χ0) is 21.3. The Bertz CT molecular complexity index is 1240. The lowest BCUT2D eigenvalue weighted by molar-refractivity contribution is 0.102. The largest absolute Gasteiger partial charge is 0.378 e. The number of benzene rings is 3. The minimum absolute atomic E-state index is 0.211. The van der Waals surface area contributed by atoms with Gasteiger partial charge in [0.2, 0.25) is 0 Å². The van der Waals surface area contributed by atoms with Gasteiger partial charge in [-0.05, 0) is 54.6 Å². The van der Waals surface area contributed by atoms with Crippen molar-refractivity contribution in [2.45, 2.75) is 0 Å². The van der Waals surface area contributed by atoms with Gasteiger partial charge in [-0.25, -0.2) is 4.98 Å². The van der Waals surface area contributed by atoms with Crippen LogP contribution in [0.1, 0.15) is 10.4 Å². The van der Waals surface area contributed by atoms with Gasteiger partial charge in [0.1, 0.15) is 0 Å². The molecule has 0 radical (unpaired) electrons. The molecule has 0 bridgehead atoms. The molecule has 1 N–H and O–H groups in total. The predicted molar refractivity (Wildman–Crippen MR) is 126 cm³/mol. The van der Waals surface area contributed by atoms with Crippen LogP contribution in [-0.4, -0.2) is 25.0 Å². The van der Waals surface area contributed by atoms with E-state index in [1.807, 2.05) is 73.6 Å². The summed E-state index contributed by atoms with van der Waals surface area (Å²) in [5, 5.41) is 4.78. The summed E-state index contributed by atoms with van der Waals surface area (Å²) in [7, 11) is 3.94. The minimum atomic E-state index is -0.211.